The third-order valence-electron chi connectivity index (χ3n) is 6.74. The number of ketones is 2. The van der Waals surface area contributed by atoms with Crippen molar-refractivity contribution >= 4 is 68.0 Å². The number of halogens is 4. The largest absolute Gasteiger partial charge is 0.457 e. The molecule has 0 fully saturated rings. The summed E-state index contributed by atoms with van der Waals surface area (Å²) in [6.45, 7) is 7.61. The molecule has 0 bridgehead atoms. The molecule has 0 amide bonds. The number of hydrogen-bond acceptors (Lipinski definition) is 5. The minimum absolute atomic E-state index is 0.0818. The topological polar surface area (TPSA) is 69.2 Å². The molecule has 5 nitrogen and oxygen atoms in total. The first-order chi connectivity index (χ1) is 20.5. The molecule has 4 aromatic rings. The zero-order chi connectivity index (χ0) is 31.3. The van der Waals surface area contributed by atoms with Crippen LogP contribution in [0, 0.1) is 13.8 Å². The SMILES string of the molecule is CCc1cc(/C(Cl)=C(\Cl)C(=O)c2ccc(Oc3ccc(C(=O)/C(Cl)=C(\Cl)c4ccnc(CC)c4)cc3C)c(C)c2)ccn1. The van der Waals surface area contributed by atoms with Crippen molar-refractivity contribution in [3.05, 3.63) is 128 Å². The van der Waals surface area contributed by atoms with Crippen molar-refractivity contribution in [2.24, 2.45) is 0 Å². The summed E-state index contributed by atoms with van der Waals surface area (Å²) in [6.07, 6.45) is 4.73. The van der Waals surface area contributed by atoms with Crippen molar-refractivity contribution in [3.63, 3.8) is 0 Å². The molecule has 2 heterocycles. The van der Waals surface area contributed by atoms with Gasteiger partial charge in [0.1, 0.15) is 21.6 Å². The summed E-state index contributed by atoms with van der Waals surface area (Å²) >= 11 is 25.8. The second-order valence-corrected chi connectivity index (χ2v) is 11.3. The molecule has 0 aliphatic heterocycles. The van der Waals surface area contributed by atoms with Gasteiger partial charge in [0.2, 0.25) is 11.6 Å². The van der Waals surface area contributed by atoms with Crippen LogP contribution in [0.5, 0.6) is 11.5 Å². The number of carbonyl (C=O) groups is 2. The normalized spacial score (nSPS) is 12.4. The molecule has 0 aliphatic carbocycles. The van der Waals surface area contributed by atoms with Gasteiger partial charge < -0.3 is 4.74 Å². The van der Waals surface area contributed by atoms with Gasteiger partial charge in [-0.25, -0.2) is 0 Å². The van der Waals surface area contributed by atoms with Gasteiger partial charge in [0, 0.05) is 34.9 Å². The Hall–Kier alpha value is -3.48. The van der Waals surface area contributed by atoms with Crippen LogP contribution in [-0.4, -0.2) is 21.5 Å². The average molecular weight is 654 g/mol. The maximum absolute atomic E-state index is 13.1. The average Bonchev–Trinajstić information content (AvgIpc) is 3.04. The molecular weight excluding hydrogens is 626 g/mol. The standard InChI is InChI=1S/C34H28Cl4N2O3/c1-5-25-17-21(11-13-39-25)29(35)31(37)33(41)23-7-9-27(19(3)15-23)43-28-10-8-24(16-20(28)4)34(42)32(38)30(36)22-12-14-40-26(6-2)18-22/h7-18H,5-6H2,1-4H3/b31-29+,32-30+. The molecule has 0 radical (unpaired) electrons. The Kier molecular flexibility index (Phi) is 10.8. The summed E-state index contributed by atoms with van der Waals surface area (Å²) in [4.78, 5) is 34.8. The van der Waals surface area contributed by atoms with E-state index >= 15 is 0 Å². The quantitative estimate of drug-likeness (QED) is 0.126. The number of nitrogens with zero attached hydrogens (tertiary/aromatic N) is 2. The number of rotatable bonds is 10. The fourth-order valence-corrected chi connectivity index (χ4v) is 5.09. The Labute approximate surface area is 271 Å². The predicted molar refractivity (Wildman–Crippen MR) is 176 cm³/mol. The van der Waals surface area contributed by atoms with Crippen molar-refractivity contribution in [1.29, 1.82) is 0 Å². The molecule has 0 spiro atoms. The van der Waals surface area contributed by atoms with Crippen LogP contribution in [0.25, 0.3) is 10.1 Å². The highest BCUT2D eigenvalue weighted by Crippen LogP contribution is 2.33. The lowest BCUT2D eigenvalue weighted by atomic mass is 10.0. The number of aromatic nitrogens is 2. The smallest absolute Gasteiger partial charge is 0.205 e. The van der Waals surface area contributed by atoms with Gasteiger partial charge in [0.25, 0.3) is 0 Å². The van der Waals surface area contributed by atoms with Crippen LogP contribution in [0.3, 0.4) is 0 Å². The second-order valence-electron chi connectivity index (χ2n) is 9.76. The number of benzene rings is 2. The van der Waals surface area contributed by atoms with E-state index in [2.05, 4.69) is 9.97 Å². The first-order valence-electron chi connectivity index (χ1n) is 13.5. The highest BCUT2D eigenvalue weighted by molar-refractivity contribution is 6.61. The first-order valence-corrected chi connectivity index (χ1v) is 15.0. The van der Waals surface area contributed by atoms with Crippen LogP contribution in [0.4, 0.5) is 0 Å². The molecule has 0 atom stereocenters. The number of aryl methyl sites for hydroxylation is 4. The molecule has 0 saturated heterocycles. The molecule has 0 N–H and O–H groups in total. The minimum atomic E-state index is -0.406. The number of allylic oxidation sites excluding steroid dienone is 2. The third-order valence-corrected chi connectivity index (χ3v) is 8.47. The van der Waals surface area contributed by atoms with Crippen LogP contribution in [0.2, 0.25) is 0 Å². The number of hydrogen-bond donors (Lipinski definition) is 0. The Morgan fingerprint density at radius 1 is 0.605 bits per heavy atom. The van der Waals surface area contributed by atoms with Crippen LogP contribution in [-0.2, 0) is 12.8 Å². The zero-order valence-corrected chi connectivity index (χ0v) is 27.0. The summed E-state index contributed by atoms with van der Waals surface area (Å²) in [5, 5.41) is 0.160. The summed E-state index contributed by atoms with van der Waals surface area (Å²) < 4.78 is 6.14. The lowest BCUT2D eigenvalue weighted by Gasteiger charge is -2.13. The maximum Gasteiger partial charge on any atom is 0.205 e. The van der Waals surface area contributed by atoms with Crippen molar-refractivity contribution in [3.8, 4) is 11.5 Å². The van der Waals surface area contributed by atoms with Gasteiger partial charge in [-0.15, -0.1) is 0 Å². The molecule has 2 aromatic heterocycles. The zero-order valence-electron chi connectivity index (χ0n) is 24.0. The van der Waals surface area contributed by atoms with Gasteiger partial charge in [-0.1, -0.05) is 60.3 Å². The monoisotopic (exact) mass is 652 g/mol. The van der Waals surface area contributed by atoms with Crippen LogP contribution >= 0.6 is 46.4 Å². The van der Waals surface area contributed by atoms with Crippen molar-refractivity contribution in [1.82, 2.24) is 9.97 Å². The molecule has 2 aromatic carbocycles. The third kappa shape index (κ3) is 7.54. The Balaban J connectivity index is 1.53. The van der Waals surface area contributed by atoms with Crippen LogP contribution in [0.1, 0.15) is 68.2 Å². The van der Waals surface area contributed by atoms with Gasteiger partial charge in [-0.3, -0.25) is 19.6 Å². The number of Topliss-reactive ketones (excluding diaryl/α,β-unsaturated/α-hetero) is 2. The predicted octanol–water partition coefficient (Wildman–Crippen LogP) is 10.1. The van der Waals surface area contributed by atoms with E-state index in [-0.39, 0.29) is 20.1 Å². The molecule has 0 saturated carbocycles. The fraction of sp³-hybridized carbons (Fsp3) is 0.176. The Bertz CT molecular complexity index is 1650. The minimum Gasteiger partial charge on any atom is -0.457 e. The lowest BCUT2D eigenvalue weighted by molar-refractivity contribution is 0.103. The van der Waals surface area contributed by atoms with E-state index in [1.54, 1.807) is 60.9 Å². The van der Waals surface area contributed by atoms with Crippen molar-refractivity contribution in [2.75, 3.05) is 0 Å². The molecule has 0 unspecified atom stereocenters. The number of carbonyl (C=O) groups excluding carboxylic acids is 2. The van der Waals surface area contributed by atoms with Crippen LogP contribution in [0.15, 0.2) is 83.1 Å². The van der Waals surface area contributed by atoms with Gasteiger partial charge in [-0.2, -0.15) is 0 Å². The summed E-state index contributed by atoms with van der Waals surface area (Å²) in [5.41, 5.74) is 5.11. The lowest BCUT2D eigenvalue weighted by Crippen LogP contribution is -2.03. The summed E-state index contributed by atoms with van der Waals surface area (Å²) in [6, 6.07) is 17.1. The van der Waals surface area contributed by atoms with Crippen molar-refractivity contribution in [2.45, 2.75) is 40.5 Å². The highest BCUT2D eigenvalue weighted by atomic mass is 35.5. The van der Waals surface area contributed by atoms with E-state index in [0.717, 1.165) is 24.2 Å². The van der Waals surface area contributed by atoms with Gasteiger partial charge in [0.05, 0.1) is 10.1 Å². The second kappa shape index (κ2) is 14.3. The van der Waals surface area contributed by atoms with E-state index in [1.165, 1.54) is 0 Å². The van der Waals surface area contributed by atoms with E-state index in [1.807, 2.05) is 39.8 Å². The van der Waals surface area contributed by atoms with Crippen LogP contribution < -0.4 is 4.74 Å². The molecule has 9 heteroatoms. The summed E-state index contributed by atoms with van der Waals surface area (Å²) in [5.74, 6) is 0.266. The highest BCUT2D eigenvalue weighted by Gasteiger charge is 2.19. The Morgan fingerprint density at radius 3 is 1.35 bits per heavy atom. The molecule has 220 valence electrons. The number of pyridine rings is 2. The molecule has 0 aliphatic rings. The fourth-order valence-electron chi connectivity index (χ4n) is 4.25. The van der Waals surface area contributed by atoms with Gasteiger partial charge in [-0.05, 0) is 110 Å². The summed E-state index contributed by atoms with van der Waals surface area (Å²) in [7, 11) is 0. The first kappa shape index (κ1) is 32.4. The molecule has 43 heavy (non-hydrogen) atoms. The van der Waals surface area contributed by atoms with Gasteiger partial charge >= 0.3 is 0 Å². The number of ether oxygens (including phenoxy) is 1. The van der Waals surface area contributed by atoms with E-state index < -0.39 is 11.6 Å². The molecule has 4 rings (SSSR count). The maximum atomic E-state index is 13.1. The Morgan fingerprint density at radius 2 is 1.00 bits per heavy atom. The van der Waals surface area contributed by atoms with Crippen molar-refractivity contribution < 1.29 is 14.3 Å². The van der Waals surface area contributed by atoms with Gasteiger partial charge in [0.15, 0.2) is 0 Å². The molecular formula is C34H28Cl4N2O3. The van der Waals surface area contributed by atoms with E-state index in [9.17, 15) is 9.59 Å². The van der Waals surface area contributed by atoms with E-state index in [0.29, 0.717) is 44.9 Å². The van der Waals surface area contributed by atoms with E-state index in [4.69, 9.17) is 51.1 Å².